The molecule has 3 aromatic rings. The molecule has 0 spiro atoms. The number of halogens is 4. The number of nitrogens with zero attached hydrogens (tertiary/aromatic N) is 1. The molecule has 0 radical (unpaired) electrons. The van der Waals surface area contributed by atoms with Crippen LogP contribution >= 0.6 is 11.3 Å². The Labute approximate surface area is 175 Å². The summed E-state index contributed by atoms with van der Waals surface area (Å²) in [5.41, 5.74) is 1.72. The summed E-state index contributed by atoms with van der Waals surface area (Å²) in [6.07, 6.45) is -4.85. The normalized spacial score (nSPS) is 11.8. The number of thiazole rings is 1. The van der Waals surface area contributed by atoms with Crippen molar-refractivity contribution >= 4 is 22.9 Å². The van der Waals surface area contributed by atoms with Gasteiger partial charge in [-0.1, -0.05) is 32.0 Å². The first-order valence-corrected chi connectivity index (χ1v) is 10.1. The summed E-state index contributed by atoms with van der Waals surface area (Å²) < 4.78 is 54.8. The lowest BCUT2D eigenvalue weighted by Gasteiger charge is -2.18. The van der Waals surface area contributed by atoms with Gasteiger partial charge in [-0.05, 0) is 54.7 Å². The molecule has 0 aliphatic carbocycles. The number of carbonyl (C=O) groups is 1. The van der Waals surface area contributed by atoms with Gasteiger partial charge in [-0.2, -0.15) is 13.2 Å². The van der Waals surface area contributed by atoms with Gasteiger partial charge in [0.25, 0.3) is 5.91 Å². The second-order valence-corrected chi connectivity index (χ2v) is 8.33. The zero-order valence-corrected chi connectivity index (χ0v) is 17.6. The SMILES string of the molecule is Cc1cc(C)c(C(C)C)c(NC(=O)c2sc(-c3ccccc3F)nc2C(F)(F)F)c1. The predicted molar refractivity (Wildman–Crippen MR) is 110 cm³/mol. The van der Waals surface area contributed by atoms with Crippen LogP contribution in [0.3, 0.4) is 0 Å². The molecule has 1 heterocycles. The Hall–Kier alpha value is -2.74. The van der Waals surface area contributed by atoms with Crippen molar-refractivity contribution in [1.82, 2.24) is 4.98 Å². The second kappa shape index (κ2) is 8.18. The number of hydrogen-bond donors (Lipinski definition) is 1. The quantitative estimate of drug-likeness (QED) is 0.449. The van der Waals surface area contributed by atoms with Crippen LogP contribution in [-0.2, 0) is 6.18 Å². The minimum Gasteiger partial charge on any atom is -0.321 e. The molecule has 0 saturated carbocycles. The third kappa shape index (κ3) is 4.38. The summed E-state index contributed by atoms with van der Waals surface area (Å²) in [7, 11) is 0. The van der Waals surface area contributed by atoms with Crippen molar-refractivity contribution in [1.29, 1.82) is 0 Å². The van der Waals surface area contributed by atoms with Gasteiger partial charge in [0.1, 0.15) is 15.7 Å². The van der Waals surface area contributed by atoms with Crippen LogP contribution < -0.4 is 5.32 Å². The largest absolute Gasteiger partial charge is 0.435 e. The van der Waals surface area contributed by atoms with E-state index in [4.69, 9.17) is 0 Å². The van der Waals surface area contributed by atoms with E-state index in [1.807, 2.05) is 33.8 Å². The smallest absolute Gasteiger partial charge is 0.321 e. The van der Waals surface area contributed by atoms with Gasteiger partial charge >= 0.3 is 6.18 Å². The molecule has 0 aliphatic heterocycles. The van der Waals surface area contributed by atoms with E-state index in [1.54, 1.807) is 6.07 Å². The fourth-order valence-electron chi connectivity index (χ4n) is 3.44. The molecule has 0 fully saturated rings. The lowest BCUT2D eigenvalue weighted by atomic mass is 9.94. The lowest BCUT2D eigenvalue weighted by molar-refractivity contribution is -0.141. The van der Waals surface area contributed by atoms with Gasteiger partial charge in [0.05, 0.1) is 0 Å². The first kappa shape index (κ1) is 22.0. The third-order valence-corrected chi connectivity index (χ3v) is 5.65. The third-order valence-electron chi connectivity index (χ3n) is 4.56. The van der Waals surface area contributed by atoms with E-state index in [0.717, 1.165) is 22.8 Å². The molecule has 3 rings (SSSR count). The molecule has 1 amide bonds. The number of rotatable bonds is 4. The molecule has 8 heteroatoms. The summed E-state index contributed by atoms with van der Waals surface area (Å²) >= 11 is 0.520. The Morgan fingerprint density at radius 3 is 2.40 bits per heavy atom. The highest BCUT2D eigenvalue weighted by molar-refractivity contribution is 7.17. The Morgan fingerprint density at radius 2 is 1.80 bits per heavy atom. The molecule has 0 saturated heterocycles. The topological polar surface area (TPSA) is 42.0 Å². The number of carbonyl (C=O) groups excluding carboxylic acids is 1. The van der Waals surface area contributed by atoms with Crippen molar-refractivity contribution in [3.63, 3.8) is 0 Å². The van der Waals surface area contributed by atoms with E-state index >= 15 is 0 Å². The molecular formula is C22H20F4N2OS. The molecule has 3 nitrogen and oxygen atoms in total. The van der Waals surface area contributed by atoms with Crippen LogP contribution in [0, 0.1) is 19.7 Å². The van der Waals surface area contributed by atoms with Gasteiger partial charge < -0.3 is 5.32 Å². The van der Waals surface area contributed by atoms with E-state index in [1.165, 1.54) is 18.2 Å². The van der Waals surface area contributed by atoms with Crippen LogP contribution in [0.15, 0.2) is 36.4 Å². The molecule has 0 aliphatic rings. The van der Waals surface area contributed by atoms with Crippen molar-refractivity contribution in [3.05, 3.63) is 69.5 Å². The summed E-state index contributed by atoms with van der Waals surface area (Å²) in [4.78, 5) is 15.8. The monoisotopic (exact) mass is 436 g/mol. The standard InChI is InChI=1S/C22H20F4N2OS/c1-11(2)17-13(4)9-12(3)10-16(17)27-20(29)18-19(22(24,25)26)28-21(30-18)14-7-5-6-8-15(14)23/h5-11H,1-4H3,(H,27,29). The molecule has 0 bridgehead atoms. The first-order chi connectivity index (χ1) is 14.0. The van der Waals surface area contributed by atoms with Gasteiger partial charge in [0.2, 0.25) is 0 Å². The fourth-order valence-corrected chi connectivity index (χ4v) is 4.45. The van der Waals surface area contributed by atoms with Crippen LogP contribution in [0.1, 0.15) is 51.8 Å². The number of alkyl halides is 3. The van der Waals surface area contributed by atoms with Crippen LogP contribution in [0.2, 0.25) is 0 Å². The van der Waals surface area contributed by atoms with Gasteiger partial charge in [-0.3, -0.25) is 4.79 Å². The van der Waals surface area contributed by atoms with Gasteiger partial charge in [0, 0.05) is 11.3 Å². The summed E-state index contributed by atoms with van der Waals surface area (Å²) in [5, 5.41) is 2.42. The first-order valence-electron chi connectivity index (χ1n) is 9.24. The molecule has 30 heavy (non-hydrogen) atoms. The van der Waals surface area contributed by atoms with Crippen molar-refractivity contribution < 1.29 is 22.4 Å². The molecule has 0 unspecified atom stereocenters. The van der Waals surface area contributed by atoms with Crippen LogP contribution in [0.5, 0.6) is 0 Å². The van der Waals surface area contributed by atoms with Gasteiger partial charge in [-0.15, -0.1) is 11.3 Å². The number of hydrogen-bond acceptors (Lipinski definition) is 3. The lowest BCUT2D eigenvalue weighted by Crippen LogP contribution is -2.18. The van der Waals surface area contributed by atoms with Gasteiger partial charge in [-0.25, -0.2) is 9.37 Å². The van der Waals surface area contributed by atoms with Crippen LogP contribution in [-0.4, -0.2) is 10.9 Å². The van der Waals surface area contributed by atoms with Crippen molar-refractivity contribution in [3.8, 4) is 10.6 Å². The minimum absolute atomic E-state index is 0.0541. The summed E-state index contributed by atoms with van der Waals surface area (Å²) in [6, 6.07) is 9.07. The zero-order chi connectivity index (χ0) is 22.2. The van der Waals surface area contributed by atoms with E-state index in [0.29, 0.717) is 17.0 Å². The molecule has 1 N–H and O–H groups in total. The highest BCUT2D eigenvalue weighted by atomic mass is 32.1. The van der Waals surface area contributed by atoms with E-state index in [9.17, 15) is 22.4 Å². The maximum atomic E-state index is 14.1. The Bertz CT molecular complexity index is 1100. The maximum absolute atomic E-state index is 14.1. The highest BCUT2D eigenvalue weighted by Gasteiger charge is 2.40. The van der Waals surface area contributed by atoms with Crippen molar-refractivity contribution in [2.75, 3.05) is 5.32 Å². The van der Waals surface area contributed by atoms with Crippen molar-refractivity contribution in [2.45, 2.75) is 39.8 Å². The number of amides is 1. The van der Waals surface area contributed by atoms with Crippen LogP contribution in [0.25, 0.3) is 10.6 Å². The summed E-state index contributed by atoms with van der Waals surface area (Å²) in [5.74, 6) is -1.57. The number of aryl methyl sites for hydroxylation is 2. The van der Waals surface area contributed by atoms with E-state index < -0.39 is 28.5 Å². The highest BCUT2D eigenvalue weighted by Crippen LogP contribution is 2.39. The Kier molecular flexibility index (Phi) is 5.99. The number of benzene rings is 2. The van der Waals surface area contributed by atoms with Crippen molar-refractivity contribution in [2.24, 2.45) is 0 Å². The fraction of sp³-hybridized carbons (Fsp3) is 0.273. The zero-order valence-electron chi connectivity index (χ0n) is 16.8. The molecule has 0 atom stereocenters. The molecule has 158 valence electrons. The second-order valence-electron chi connectivity index (χ2n) is 7.33. The van der Waals surface area contributed by atoms with E-state index in [-0.39, 0.29) is 16.5 Å². The maximum Gasteiger partial charge on any atom is 0.435 e. The predicted octanol–water partition coefficient (Wildman–Crippen LogP) is 6.96. The summed E-state index contributed by atoms with van der Waals surface area (Å²) in [6.45, 7) is 7.62. The van der Waals surface area contributed by atoms with Gasteiger partial charge in [0.15, 0.2) is 5.69 Å². The molecule has 1 aromatic heterocycles. The molecule has 2 aromatic carbocycles. The average Bonchev–Trinajstić information content (AvgIpc) is 3.06. The Morgan fingerprint density at radius 1 is 1.13 bits per heavy atom. The number of nitrogens with one attached hydrogen (secondary N) is 1. The average molecular weight is 436 g/mol. The Balaban J connectivity index is 2.08. The minimum atomic E-state index is -4.85. The molecular weight excluding hydrogens is 416 g/mol. The van der Waals surface area contributed by atoms with E-state index in [2.05, 4.69) is 10.3 Å². The number of anilines is 1. The number of aromatic nitrogens is 1. The van der Waals surface area contributed by atoms with Crippen LogP contribution in [0.4, 0.5) is 23.2 Å².